The zero-order valence-electron chi connectivity index (χ0n) is 11.1. The Labute approximate surface area is 107 Å². The molecule has 0 spiro atoms. The number of imidazole rings is 1. The molecule has 5 heteroatoms. The van der Waals surface area contributed by atoms with Crippen molar-refractivity contribution >= 4 is 5.82 Å². The quantitative estimate of drug-likeness (QED) is 0.879. The number of hydrogen-bond donors (Lipinski definition) is 1. The maximum atomic E-state index is 4.38. The van der Waals surface area contributed by atoms with Gasteiger partial charge in [-0.2, -0.15) is 0 Å². The van der Waals surface area contributed by atoms with Gasteiger partial charge in [-0.15, -0.1) is 0 Å². The van der Waals surface area contributed by atoms with Crippen LogP contribution in [0.2, 0.25) is 0 Å². The summed E-state index contributed by atoms with van der Waals surface area (Å²) in [6.45, 7) is 7.35. The molecule has 5 nitrogen and oxygen atoms in total. The smallest absolute Gasteiger partial charge is 0.146 e. The summed E-state index contributed by atoms with van der Waals surface area (Å²) in [5, 5.41) is 3.36. The molecule has 0 aliphatic carbocycles. The Hall–Kier alpha value is -1.91. The van der Waals surface area contributed by atoms with E-state index in [2.05, 4.69) is 41.0 Å². The average Bonchev–Trinajstić information content (AvgIpc) is 2.89. The first kappa shape index (κ1) is 12.5. The number of aromatic nitrogens is 4. The summed E-state index contributed by atoms with van der Waals surface area (Å²) < 4.78 is 1.92. The lowest BCUT2D eigenvalue weighted by atomic mass is 10.0. The molecule has 0 fully saturated rings. The molecule has 0 amide bonds. The molecule has 2 heterocycles. The molecule has 0 unspecified atom stereocenters. The lowest BCUT2D eigenvalue weighted by molar-refractivity contribution is 0.811. The van der Waals surface area contributed by atoms with Gasteiger partial charge in [-0.25, -0.2) is 15.0 Å². The van der Waals surface area contributed by atoms with Crippen LogP contribution in [0.3, 0.4) is 0 Å². The van der Waals surface area contributed by atoms with Crippen LogP contribution >= 0.6 is 0 Å². The van der Waals surface area contributed by atoms with Gasteiger partial charge in [-0.05, 0) is 12.3 Å². The van der Waals surface area contributed by atoms with Gasteiger partial charge in [0.15, 0.2) is 0 Å². The van der Waals surface area contributed by atoms with E-state index in [4.69, 9.17) is 0 Å². The highest BCUT2D eigenvalue weighted by atomic mass is 15.1. The molecule has 0 aliphatic rings. The molecule has 2 rings (SSSR count). The molecule has 0 saturated heterocycles. The van der Waals surface area contributed by atoms with Crippen molar-refractivity contribution in [2.45, 2.75) is 33.1 Å². The van der Waals surface area contributed by atoms with Crippen molar-refractivity contribution in [3.63, 3.8) is 0 Å². The monoisotopic (exact) mass is 245 g/mol. The lowest BCUT2D eigenvalue weighted by Gasteiger charge is -2.16. The van der Waals surface area contributed by atoms with E-state index in [1.807, 2.05) is 10.8 Å². The Balaban J connectivity index is 2.46. The van der Waals surface area contributed by atoms with E-state index >= 15 is 0 Å². The summed E-state index contributed by atoms with van der Waals surface area (Å²) in [6, 6.07) is 0. The first-order valence-electron chi connectivity index (χ1n) is 6.31. The first-order chi connectivity index (χ1) is 8.74. The second-order valence-electron chi connectivity index (χ2n) is 4.51. The van der Waals surface area contributed by atoms with Crippen LogP contribution < -0.4 is 5.32 Å². The van der Waals surface area contributed by atoms with Crippen LogP contribution in [0, 0.1) is 0 Å². The molecule has 0 aromatic carbocycles. The number of nitrogens with zero attached hydrogens (tertiary/aromatic N) is 4. The summed E-state index contributed by atoms with van der Waals surface area (Å²) in [5.41, 5.74) is 1.13. The van der Waals surface area contributed by atoms with Gasteiger partial charge in [0.1, 0.15) is 24.3 Å². The summed E-state index contributed by atoms with van der Waals surface area (Å²) in [5.74, 6) is 2.17. The minimum atomic E-state index is 0.350. The van der Waals surface area contributed by atoms with Crippen molar-refractivity contribution in [3.05, 3.63) is 30.6 Å². The predicted molar refractivity (Wildman–Crippen MR) is 72.0 cm³/mol. The van der Waals surface area contributed by atoms with Gasteiger partial charge in [-0.3, -0.25) is 4.57 Å². The average molecular weight is 245 g/mol. The van der Waals surface area contributed by atoms with E-state index in [0.29, 0.717) is 5.92 Å². The number of anilines is 1. The van der Waals surface area contributed by atoms with Crippen LogP contribution in [-0.4, -0.2) is 26.1 Å². The van der Waals surface area contributed by atoms with Crippen molar-refractivity contribution < 1.29 is 0 Å². The van der Waals surface area contributed by atoms with E-state index < -0.39 is 0 Å². The molecule has 0 atom stereocenters. The van der Waals surface area contributed by atoms with Gasteiger partial charge in [0, 0.05) is 24.5 Å². The normalized spacial score (nSPS) is 10.9. The molecule has 18 heavy (non-hydrogen) atoms. The summed E-state index contributed by atoms with van der Waals surface area (Å²) in [6.07, 6.45) is 8.09. The van der Waals surface area contributed by atoms with Gasteiger partial charge < -0.3 is 5.32 Å². The van der Waals surface area contributed by atoms with E-state index in [1.54, 1.807) is 18.9 Å². The maximum absolute atomic E-state index is 4.38. The fourth-order valence-corrected chi connectivity index (χ4v) is 1.89. The van der Waals surface area contributed by atoms with Crippen molar-refractivity contribution in [1.82, 2.24) is 19.5 Å². The summed E-state index contributed by atoms with van der Waals surface area (Å²) in [7, 11) is 0. The van der Waals surface area contributed by atoms with E-state index in [1.165, 1.54) is 0 Å². The third-order valence-electron chi connectivity index (χ3n) is 2.73. The Bertz CT molecular complexity index is 490. The fourth-order valence-electron chi connectivity index (χ4n) is 1.89. The molecule has 96 valence electrons. The van der Waals surface area contributed by atoms with Crippen LogP contribution in [0.4, 0.5) is 5.82 Å². The molecule has 0 aliphatic heterocycles. The van der Waals surface area contributed by atoms with Crippen molar-refractivity contribution in [1.29, 1.82) is 0 Å². The molecule has 2 aromatic rings. The Morgan fingerprint density at radius 2 is 2.17 bits per heavy atom. The number of nitrogens with one attached hydrogen (secondary N) is 1. The fraction of sp³-hybridized carbons (Fsp3) is 0.462. The van der Waals surface area contributed by atoms with Gasteiger partial charge in [0.25, 0.3) is 0 Å². The molecule has 0 saturated carbocycles. The molecular weight excluding hydrogens is 226 g/mol. The van der Waals surface area contributed by atoms with E-state index in [0.717, 1.165) is 30.2 Å². The highest BCUT2D eigenvalue weighted by Crippen LogP contribution is 2.27. The first-order valence-corrected chi connectivity index (χ1v) is 6.31. The largest absolute Gasteiger partial charge is 0.370 e. The molecule has 0 radical (unpaired) electrons. The molecule has 0 bridgehead atoms. The van der Waals surface area contributed by atoms with Gasteiger partial charge in [0.2, 0.25) is 0 Å². The van der Waals surface area contributed by atoms with E-state index in [9.17, 15) is 0 Å². The lowest BCUT2D eigenvalue weighted by Crippen LogP contribution is -2.11. The molecule has 1 N–H and O–H groups in total. The van der Waals surface area contributed by atoms with Crippen LogP contribution in [0.25, 0.3) is 5.82 Å². The number of hydrogen-bond acceptors (Lipinski definition) is 4. The van der Waals surface area contributed by atoms with Crippen LogP contribution in [0.5, 0.6) is 0 Å². The van der Waals surface area contributed by atoms with Gasteiger partial charge in [0.05, 0.1) is 0 Å². The molecular formula is C13H19N5. The third kappa shape index (κ3) is 2.50. The van der Waals surface area contributed by atoms with Crippen LogP contribution in [0.1, 0.15) is 38.7 Å². The minimum absolute atomic E-state index is 0.350. The van der Waals surface area contributed by atoms with Crippen molar-refractivity contribution in [2.24, 2.45) is 0 Å². The second kappa shape index (κ2) is 5.62. The highest BCUT2D eigenvalue weighted by molar-refractivity contribution is 5.53. The summed E-state index contributed by atoms with van der Waals surface area (Å²) in [4.78, 5) is 12.8. The van der Waals surface area contributed by atoms with Crippen molar-refractivity contribution in [2.75, 3.05) is 11.9 Å². The minimum Gasteiger partial charge on any atom is -0.370 e. The standard InChI is InChI=1S/C13H19N5/c1-4-5-15-12-11(10(2)3)13(17-8-16-12)18-7-6-14-9-18/h6-10H,4-5H2,1-3H3,(H,15,16,17). The zero-order valence-corrected chi connectivity index (χ0v) is 11.1. The van der Waals surface area contributed by atoms with E-state index in [-0.39, 0.29) is 0 Å². The maximum Gasteiger partial charge on any atom is 0.146 e. The topological polar surface area (TPSA) is 55.6 Å². The highest BCUT2D eigenvalue weighted by Gasteiger charge is 2.15. The Morgan fingerprint density at radius 1 is 1.33 bits per heavy atom. The number of rotatable bonds is 5. The predicted octanol–water partition coefficient (Wildman–Crippen LogP) is 2.61. The summed E-state index contributed by atoms with van der Waals surface area (Å²) >= 11 is 0. The van der Waals surface area contributed by atoms with Crippen LogP contribution in [-0.2, 0) is 0 Å². The SMILES string of the molecule is CCCNc1ncnc(-n2ccnc2)c1C(C)C. The Morgan fingerprint density at radius 3 is 2.78 bits per heavy atom. The Kier molecular flexibility index (Phi) is 3.92. The third-order valence-corrected chi connectivity index (χ3v) is 2.73. The molecule has 2 aromatic heterocycles. The zero-order chi connectivity index (χ0) is 13.0. The van der Waals surface area contributed by atoms with Crippen molar-refractivity contribution in [3.8, 4) is 5.82 Å². The van der Waals surface area contributed by atoms with Gasteiger partial charge >= 0.3 is 0 Å². The van der Waals surface area contributed by atoms with Crippen LogP contribution in [0.15, 0.2) is 25.0 Å². The van der Waals surface area contributed by atoms with Gasteiger partial charge in [-0.1, -0.05) is 20.8 Å². The second-order valence-corrected chi connectivity index (χ2v) is 4.51.